The molecule has 3 aromatic rings. The van der Waals surface area contributed by atoms with E-state index in [2.05, 4.69) is 5.32 Å². The lowest BCUT2D eigenvalue weighted by molar-refractivity contribution is 0.478. The highest BCUT2D eigenvalue weighted by molar-refractivity contribution is 7.90. The van der Waals surface area contributed by atoms with Crippen LogP contribution >= 0.6 is 0 Å². The number of nitrogens with two attached hydrogens (primary N) is 2. The average molecular weight is 518 g/mol. The zero-order chi connectivity index (χ0) is 25.3. The van der Waals surface area contributed by atoms with Crippen molar-refractivity contribution in [2.24, 2.45) is 10.3 Å². The van der Waals surface area contributed by atoms with Crippen molar-refractivity contribution in [1.29, 1.82) is 0 Å². The van der Waals surface area contributed by atoms with E-state index in [1.54, 1.807) is 17.7 Å². The Hall–Kier alpha value is -3.53. The molecule has 0 unspecified atom stereocenters. The lowest BCUT2D eigenvalue weighted by Crippen LogP contribution is -2.23. The van der Waals surface area contributed by atoms with Crippen LogP contribution in [0.4, 0.5) is 35.9 Å². The lowest BCUT2D eigenvalue weighted by atomic mass is 10.2. The van der Waals surface area contributed by atoms with Gasteiger partial charge < -0.3 is 10.1 Å². The van der Waals surface area contributed by atoms with Crippen molar-refractivity contribution in [3.05, 3.63) is 71.5 Å². The Balaban J connectivity index is 2.09. The molecule has 0 saturated heterocycles. The van der Waals surface area contributed by atoms with Crippen LogP contribution in [0.5, 0.6) is 11.5 Å². The van der Waals surface area contributed by atoms with Crippen molar-refractivity contribution < 1.29 is 34.7 Å². The molecule has 0 atom stereocenters. The van der Waals surface area contributed by atoms with Crippen LogP contribution in [0.3, 0.4) is 0 Å². The summed E-state index contributed by atoms with van der Waals surface area (Å²) in [5.74, 6) is -3.32. The van der Waals surface area contributed by atoms with E-state index in [0.717, 1.165) is 30.3 Å². The SMILES string of the molecule is Cc1ccc(Nc2cc(F)cc(Oc3ccc(F)c(NS(N)(=O)=O)c3)c2NS(N)(=O)=O)c(F)c1. The molecule has 182 valence electrons. The molecular formula is C19H18F3N5O5S2. The number of nitrogens with one attached hydrogen (secondary N) is 3. The fourth-order valence-electron chi connectivity index (χ4n) is 2.80. The zero-order valence-corrected chi connectivity index (χ0v) is 18.9. The third kappa shape index (κ3) is 6.74. The van der Waals surface area contributed by atoms with Gasteiger partial charge in [0.25, 0.3) is 20.4 Å². The third-order valence-corrected chi connectivity index (χ3v) is 5.12. The van der Waals surface area contributed by atoms with Crippen molar-refractivity contribution in [3.8, 4) is 11.5 Å². The molecule has 3 rings (SSSR count). The lowest BCUT2D eigenvalue weighted by Gasteiger charge is -2.18. The van der Waals surface area contributed by atoms with Gasteiger partial charge in [0.2, 0.25) is 0 Å². The van der Waals surface area contributed by atoms with E-state index in [1.165, 1.54) is 12.1 Å². The number of anilines is 4. The van der Waals surface area contributed by atoms with Crippen molar-refractivity contribution >= 4 is 43.2 Å². The summed E-state index contributed by atoms with van der Waals surface area (Å²) in [7, 11) is -8.77. The van der Waals surface area contributed by atoms with Gasteiger partial charge in [-0.2, -0.15) is 16.8 Å². The standard InChI is InChI=1S/C19H18F3N5O5S2/c1-10-2-5-15(14(22)6-10)25-17-7-11(20)8-18(19(17)27-34(24,30)31)32-12-3-4-13(21)16(9-12)26-33(23,28)29/h2-9,25-27H,1H3,(H2,23,28,29)(H2,24,30,31). The van der Waals surface area contributed by atoms with Gasteiger partial charge >= 0.3 is 0 Å². The number of aryl methyl sites for hydroxylation is 1. The predicted molar refractivity (Wildman–Crippen MR) is 121 cm³/mol. The second kappa shape index (κ2) is 9.38. The van der Waals surface area contributed by atoms with Gasteiger partial charge in [-0.3, -0.25) is 9.44 Å². The normalized spacial score (nSPS) is 11.7. The van der Waals surface area contributed by atoms with E-state index >= 15 is 0 Å². The fraction of sp³-hybridized carbons (Fsp3) is 0.0526. The van der Waals surface area contributed by atoms with Crippen LogP contribution in [0.2, 0.25) is 0 Å². The Labute approximate surface area is 193 Å². The first-order chi connectivity index (χ1) is 15.7. The Kier molecular flexibility index (Phi) is 6.92. The highest BCUT2D eigenvalue weighted by Gasteiger charge is 2.19. The van der Waals surface area contributed by atoms with Crippen LogP contribution in [-0.4, -0.2) is 16.8 Å². The first-order valence-corrected chi connectivity index (χ1v) is 12.2. The molecule has 0 heterocycles. The molecule has 0 spiro atoms. The van der Waals surface area contributed by atoms with Crippen molar-refractivity contribution in [3.63, 3.8) is 0 Å². The Morgan fingerprint density at radius 1 is 0.765 bits per heavy atom. The molecule has 3 aromatic carbocycles. The summed E-state index contributed by atoms with van der Waals surface area (Å²) >= 11 is 0. The number of hydrogen-bond acceptors (Lipinski definition) is 6. The smallest absolute Gasteiger partial charge is 0.296 e. The van der Waals surface area contributed by atoms with E-state index in [9.17, 15) is 30.0 Å². The predicted octanol–water partition coefficient (Wildman–Crippen LogP) is 3.18. The quantitative estimate of drug-likeness (QED) is 0.308. The maximum atomic E-state index is 14.4. The molecule has 0 amide bonds. The highest BCUT2D eigenvalue weighted by Crippen LogP contribution is 2.40. The fourth-order valence-corrected chi connectivity index (χ4v) is 3.76. The van der Waals surface area contributed by atoms with Gasteiger partial charge in [-0.25, -0.2) is 23.4 Å². The van der Waals surface area contributed by atoms with Gasteiger partial charge in [0, 0.05) is 12.1 Å². The van der Waals surface area contributed by atoms with Crippen LogP contribution in [-0.2, 0) is 20.4 Å². The van der Waals surface area contributed by atoms with Gasteiger partial charge in [-0.1, -0.05) is 6.07 Å². The second-order valence-corrected chi connectivity index (χ2v) is 9.56. The first-order valence-electron chi connectivity index (χ1n) is 9.15. The summed E-state index contributed by atoms with van der Waals surface area (Å²) in [5.41, 5.74) is -0.765. The molecule has 34 heavy (non-hydrogen) atoms. The Morgan fingerprint density at radius 3 is 2.06 bits per heavy atom. The average Bonchev–Trinajstić information content (AvgIpc) is 2.67. The summed E-state index contributed by atoms with van der Waals surface area (Å²) in [4.78, 5) is 0. The Bertz CT molecular complexity index is 1470. The summed E-state index contributed by atoms with van der Waals surface area (Å²) in [5, 5.41) is 12.5. The van der Waals surface area contributed by atoms with Crippen molar-refractivity contribution in [2.45, 2.75) is 6.92 Å². The number of rotatable bonds is 8. The van der Waals surface area contributed by atoms with Gasteiger partial charge in [-0.05, 0) is 42.8 Å². The van der Waals surface area contributed by atoms with Gasteiger partial charge in [0.15, 0.2) is 5.75 Å². The second-order valence-electron chi connectivity index (χ2n) is 6.97. The minimum atomic E-state index is -4.43. The molecule has 7 N–H and O–H groups in total. The number of halogens is 3. The molecular weight excluding hydrogens is 499 g/mol. The van der Waals surface area contributed by atoms with E-state index in [0.29, 0.717) is 5.56 Å². The van der Waals surface area contributed by atoms with Gasteiger partial charge in [0.05, 0.1) is 17.1 Å². The monoisotopic (exact) mass is 517 g/mol. The van der Waals surface area contributed by atoms with Gasteiger partial charge in [0.1, 0.15) is 28.9 Å². The number of benzene rings is 3. The summed E-state index contributed by atoms with van der Waals surface area (Å²) in [6.45, 7) is 1.65. The summed E-state index contributed by atoms with van der Waals surface area (Å²) in [6.07, 6.45) is 0. The van der Waals surface area contributed by atoms with Crippen LogP contribution in [0.1, 0.15) is 5.56 Å². The van der Waals surface area contributed by atoms with Crippen molar-refractivity contribution in [2.75, 3.05) is 14.8 Å². The maximum Gasteiger partial charge on any atom is 0.296 e. The third-order valence-electron chi connectivity index (χ3n) is 4.12. The Morgan fingerprint density at radius 2 is 1.44 bits per heavy atom. The molecule has 0 aliphatic rings. The van der Waals surface area contributed by atoms with Crippen molar-refractivity contribution in [1.82, 2.24) is 0 Å². The molecule has 0 saturated carbocycles. The minimum Gasteiger partial charge on any atom is -0.455 e. The number of hydrogen-bond donors (Lipinski definition) is 5. The largest absolute Gasteiger partial charge is 0.455 e. The summed E-state index contributed by atoms with van der Waals surface area (Å²) < 4.78 is 97.7. The summed E-state index contributed by atoms with van der Waals surface area (Å²) in [6, 6.07) is 8.52. The number of ether oxygens (including phenoxy) is 1. The van der Waals surface area contributed by atoms with Crippen LogP contribution in [0.25, 0.3) is 0 Å². The molecule has 0 aliphatic heterocycles. The molecule has 10 nitrogen and oxygen atoms in total. The van der Waals surface area contributed by atoms with E-state index in [-0.39, 0.29) is 17.1 Å². The molecule has 0 radical (unpaired) electrons. The highest BCUT2D eigenvalue weighted by atomic mass is 32.2. The van der Waals surface area contributed by atoms with Crippen LogP contribution in [0, 0.1) is 24.4 Å². The minimum absolute atomic E-state index is 0.110. The first kappa shape index (κ1) is 25.1. The zero-order valence-electron chi connectivity index (χ0n) is 17.3. The van der Waals surface area contributed by atoms with Crippen LogP contribution in [0.15, 0.2) is 48.5 Å². The topological polar surface area (TPSA) is 166 Å². The van der Waals surface area contributed by atoms with Gasteiger partial charge in [-0.15, -0.1) is 0 Å². The van der Waals surface area contributed by atoms with E-state index in [4.69, 9.17) is 15.0 Å². The van der Waals surface area contributed by atoms with E-state index in [1.807, 2.05) is 4.72 Å². The molecule has 15 heteroatoms. The molecule has 0 bridgehead atoms. The molecule has 0 aromatic heterocycles. The van der Waals surface area contributed by atoms with E-state index < -0.39 is 55.0 Å². The molecule has 0 fully saturated rings. The molecule has 0 aliphatic carbocycles. The van der Waals surface area contributed by atoms with Crippen LogP contribution < -0.4 is 29.8 Å². The maximum absolute atomic E-state index is 14.4.